The highest BCUT2D eigenvalue weighted by molar-refractivity contribution is 7.03. The molecule has 31 heavy (non-hydrogen) atoms. The van der Waals surface area contributed by atoms with Crippen molar-refractivity contribution in [1.29, 1.82) is 0 Å². The molecule has 1 atom stereocenters. The molecule has 1 N–H and O–H groups in total. The molecule has 0 radical (unpaired) electrons. The first-order valence-corrected chi connectivity index (χ1v) is 10.8. The summed E-state index contributed by atoms with van der Waals surface area (Å²) < 4.78 is 32.2. The normalized spacial score (nSPS) is 14.9. The number of hydrogen-bond acceptors (Lipinski definition) is 5. The lowest BCUT2D eigenvalue weighted by molar-refractivity contribution is -0.123. The van der Waals surface area contributed by atoms with Gasteiger partial charge in [0.1, 0.15) is 17.7 Å². The van der Waals surface area contributed by atoms with Crippen LogP contribution >= 0.6 is 11.5 Å². The molecule has 6 nitrogen and oxygen atoms in total. The number of anilines is 1. The lowest BCUT2D eigenvalue weighted by atomic mass is 10.0. The van der Waals surface area contributed by atoms with E-state index in [2.05, 4.69) is 14.9 Å². The monoisotopic (exact) mass is 442 g/mol. The van der Waals surface area contributed by atoms with Crippen LogP contribution in [0, 0.1) is 11.6 Å². The second-order valence-corrected chi connectivity index (χ2v) is 7.97. The molecule has 160 valence electrons. The number of hydrogen-bond donors (Lipinski definition) is 1. The molecule has 4 rings (SSSR count). The Balaban J connectivity index is 1.82. The second-order valence-electron chi connectivity index (χ2n) is 7.36. The van der Waals surface area contributed by atoms with Crippen molar-refractivity contribution in [2.24, 2.45) is 0 Å². The highest BCUT2D eigenvalue weighted by atomic mass is 32.1. The van der Waals surface area contributed by atoms with Crippen LogP contribution in [0.1, 0.15) is 47.8 Å². The average Bonchev–Trinajstić information content (AvgIpc) is 3.47. The van der Waals surface area contributed by atoms with Crippen LogP contribution in [0.25, 0.3) is 0 Å². The maximum Gasteiger partial charge on any atom is 0.280 e. The van der Waals surface area contributed by atoms with E-state index in [4.69, 9.17) is 0 Å². The van der Waals surface area contributed by atoms with Crippen LogP contribution in [0.5, 0.6) is 0 Å². The third kappa shape index (κ3) is 4.61. The first-order chi connectivity index (χ1) is 15.0. The molecule has 0 spiro atoms. The van der Waals surface area contributed by atoms with E-state index in [1.54, 1.807) is 6.07 Å². The molecule has 2 amide bonds. The van der Waals surface area contributed by atoms with Gasteiger partial charge in [-0.2, -0.15) is 0 Å². The van der Waals surface area contributed by atoms with Crippen molar-refractivity contribution in [2.75, 3.05) is 4.90 Å². The summed E-state index contributed by atoms with van der Waals surface area (Å²) in [5, 5.41) is 8.23. The topological polar surface area (TPSA) is 75.2 Å². The van der Waals surface area contributed by atoms with E-state index in [-0.39, 0.29) is 23.0 Å². The summed E-state index contributed by atoms with van der Waals surface area (Å²) in [5.74, 6) is -2.25. The van der Waals surface area contributed by atoms with Crippen molar-refractivity contribution in [3.63, 3.8) is 0 Å². The molecule has 1 fully saturated rings. The minimum Gasteiger partial charge on any atom is -0.351 e. The zero-order valence-corrected chi connectivity index (χ0v) is 17.3. The first-order valence-electron chi connectivity index (χ1n) is 9.95. The van der Waals surface area contributed by atoms with Crippen molar-refractivity contribution in [2.45, 2.75) is 37.8 Å². The molecule has 9 heteroatoms. The fourth-order valence-corrected chi connectivity index (χ4v) is 4.24. The number of carbonyl (C=O) groups is 2. The summed E-state index contributed by atoms with van der Waals surface area (Å²) in [5.41, 5.74) is 0.303. The Morgan fingerprint density at radius 1 is 1.06 bits per heavy atom. The van der Waals surface area contributed by atoms with Crippen LogP contribution in [0.2, 0.25) is 0 Å². The molecule has 1 aromatic heterocycles. The minimum atomic E-state index is -1.30. The van der Waals surface area contributed by atoms with E-state index in [1.165, 1.54) is 47.8 Å². The van der Waals surface area contributed by atoms with Gasteiger partial charge in [-0.05, 0) is 54.7 Å². The van der Waals surface area contributed by atoms with Crippen molar-refractivity contribution in [3.8, 4) is 0 Å². The fraction of sp³-hybridized carbons (Fsp3) is 0.273. The van der Waals surface area contributed by atoms with Gasteiger partial charge in [-0.15, -0.1) is 5.10 Å². The second kappa shape index (κ2) is 9.30. The van der Waals surface area contributed by atoms with Gasteiger partial charge in [-0.1, -0.05) is 35.5 Å². The summed E-state index contributed by atoms with van der Waals surface area (Å²) in [7, 11) is 0. The van der Waals surface area contributed by atoms with Crippen molar-refractivity contribution in [3.05, 3.63) is 76.8 Å². The summed E-state index contributed by atoms with van der Waals surface area (Å²) >= 11 is 0.985. The maximum atomic E-state index is 14.9. The van der Waals surface area contributed by atoms with Crippen molar-refractivity contribution < 1.29 is 18.4 Å². The van der Waals surface area contributed by atoms with Crippen molar-refractivity contribution >= 4 is 29.0 Å². The van der Waals surface area contributed by atoms with Gasteiger partial charge in [0.05, 0.1) is 0 Å². The molecule has 0 saturated heterocycles. The zero-order chi connectivity index (χ0) is 21.8. The number of halogens is 2. The van der Waals surface area contributed by atoms with Crippen LogP contribution in [0.4, 0.5) is 14.5 Å². The lowest BCUT2D eigenvalue weighted by Gasteiger charge is -2.32. The van der Waals surface area contributed by atoms with E-state index in [1.807, 2.05) is 0 Å². The van der Waals surface area contributed by atoms with Crippen LogP contribution < -0.4 is 10.2 Å². The Kier molecular flexibility index (Phi) is 6.31. The standard InChI is InChI=1S/C22H20F2N4O2S/c23-14-9-11-16(12-10-14)28(22(30)19-13-31-27-26-19)20(17-7-3-4-8-18(17)24)21(29)25-15-5-1-2-6-15/h3-4,7-13,15,20H,1-2,5-6H2,(H,25,29)/t20-/m0/s1. The van der Waals surface area contributed by atoms with Gasteiger partial charge in [-0.25, -0.2) is 8.78 Å². The Bertz CT molecular complexity index is 1050. The zero-order valence-electron chi connectivity index (χ0n) is 16.5. The van der Waals surface area contributed by atoms with E-state index in [0.29, 0.717) is 0 Å². The molecule has 2 aromatic carbocycles. The number of carbonyl (C=O) groups excluding carboxylic acids is 2. The molecule has 1 aliphatic rings. The third-order valence-electron chi connectivity index (χ3n) is 5.31. The molecule has 1 aliphatic carbocycles. The molecule has 1 saturated carbocycles. The highest BCUT2D eigenvalue weighted by Crippen LogP contribution is 2.32. The number of rotatable bonds is 6. The van der Waals surface area contributed by atoms with Crippen LogP contribution in [0.15, 0.2) is 53.9 Å². The van der Waals surface area contributed by atoms with E-state index < -0.39 is 29.5 Å². The third-order valence-corrected chi connectivity index (χ3v) is 5.82. The minimum absolute atomic E-state index is 0.0179. The van der Waals surface area contributed by atoms with Gasteiger partial charge in [0, 0.05) is 22.7 Å². The molecular weight excluding hydrogens is 422 g/mol. The van der Waals surface area contributed by atoms with Gasteiger partial charge in [0.15, 0.2) is 5.69 Å². The highest BCUT2D eigenvalue weighted by Gasteiger charge is 2.37. The number of nitrogens with one attached hydrogen (secondary N) is 1. The smallest absolute Gasteiger partial charge is 0.280 e. The Hall–Kier alpha value is -3.20. The maximum absolute atomic E-state index is 14.9. The molecule has 3 aromatic rings. The summed E-state index contributed by atoms with van der Waals surface area (Å²) in [6.45, 7) is 0. The molecule has 0 aliphatic heterocycles. The number of amides is 2. The number of aromatic nitrogens is 2. The quantitative estimate of drug-likeness (QED) is 0.619. The Morgan fingerprint density at radius 2 is 1.77 bits per heavy atom. The van der Waals surface area contributed by atoms with Gasteiger partial charge in [0.2, 0.25) is 5.91 Å². The largest absolute Gasteiger partial charge is 0.351 e. The summed E-state index contributed by atoms with van der Waals surface area (Å²) in [6.07, 6.45) is 3.66. The van der Waals surface area contributed by atoms with Gasteiger partial charge < -0.3 is 5.32 Å². The van der Waals surface area contributed by atoms with E-state index >= 15 is 0 Å². The van der Waals surface area contributed by atoms with Gasteiger partial charge >= 0.3 is 0 Å². The number of benzene rings is 2. The molecular formula is C22H20F2N4O2S. The predicted octanol–water partition coefficient (Wildman–Crippen LogP) is 4.26. The first kappa shape index (κ1) is 21.0. The van der Waals surface area contributed by atoms with Crippen molar-refractivity contribution in [1.82, 2.24) is 14.9 Å². The lowest BCUT2D eigenvalue weighted by Crippen LogP contribution is -2.46. The molecule has 0 unspecified atom stereocenters. The summed E-state index contributed by atoms with van der Waals surface area (Å²) in [6, 6.07) is 9.61. The predicted molar refractivity (Wildman–Crippen MR) is 113 cm³/mol. The van der Waals surface area contributed by atoms with Gasteiger partial charge in [0.25, 0.3) is 5.91 Å². The summed E-state index contributed by atoms with van der Waals surface area (Å²) in [4.78, 5) is 28.0. The molecule has 0 bridgehead atoms. The van der Waals surface area contributed by atoms with Crippen LogP contribution in [0.3, 0.4) is 0 Å². The fourth-order valence-electron chi connectivity index (χ4n) is 3.81. The van der Waals surface area contributed by atoms with E-state index in [9.17, 15) is 18.4 Å². The SMILES string of the molecule is O=C(NC1CCCC1)[C@H](c1ccccc1F)N(C(=O)c1csnn1)c1ccc(F)cc1. The van der Waals surface area contributed by atoms with Gasteiger partial charge in [-0.3, -0.25) is 14.5 Å². The van der Waals surface area contributed by atoms with E-state index in [0.717, 1.165) is 42.1 Å². The Labute approximate surface area is 182 Å². The van der Waals surface area contributed by atoms with Crippen LogP contribution in [-0.2, 0) is 4.79 Å². The van der Waals surface area contributed by atoms with Crippen LogP contribution in [-0.4, -0.2) is 27.4 Å². The Morgan fingerprint density at radius 3 is 2.42 bits per heavy atom. The molecule has 1 heterocycles. The average molecular weight is 442 g/mol. The number of nitrogens with zero attached hydrogens (tertiary/aromatic N) is 3.